The number of carboxylic acid groups (broad SMARTS) is 1. The first-order valence-electron chi connectivity index (χ1n) is 4.30. The third-order valence-corrected chi connectivity index (χ3v) is 3.12. The molecule has 0 aliphatic carbocycles. The smallest absolute Gasteiger partial charge is 0.356 e. The van der Waals surface area contributed by atoms with E-state index in [9.17, 15) is 4.79 Å². The summed E-state index contributed by atoms with van der Waals surface area (Å²) in [6, 6.07) is 5.62. The second kappa shape index (κ2) is 4.39. The number of imidazole rings is 1. The lowest BCUT2D eigenvalue weighted by molar-refractivity contribution is 0.0691. The third kappa shape index (κ3) is 2.17. The summed E-state index contributed by atoms with van der Waals surface area (Å²) in [4.78, 5) is 14.5. The van der Waals surface area contributed by atoms with Crippen molar-refractivity contribution in [3.8, 4) is 5.69 Å². The van der Waals surface area contributed by atoms with Crippen LogP contribution in [0.3, 0.4) is 0 Å². The summed E-state index contributed by atoms with van der Waals surface area (Å²) < 4.78 is 3.46. The highest BCUT2D eigenvalue weighted by molar-refractivity contribution is 9.11. The molecule has 0 spiro atoms. The van der Waals surface area contributed by atoms with E-state index < -0.39 is 5.97 Å². The van der Waals surface area contributed by atoms with E-state index in [1.54, 1.807) is 4.57 Å². The summed E-state index contributed by atoms with van der Waals surface area (Å²) in [5.74, 6) is -1.04. The fourth-order valence-electron chi connectivity index (χ4n) is 1.26. The Morgan fingerprint density at radius 2 is 2.12 bits per heavy atom. The van der Waals surface area contributed by atoms with Gasteiger partial charge in [-0.05, 0) is 34.1 Å². The van der Waals surface area contributed by atoms with Crippen LogP contribution in [0.2, 0.25) is 0 Å². The number of carbonyl (C=O) groups is 1. The van der Waals surface area contributed by atoms with Crippen molar-refractivity contribution in [2.24, 2.45) is 0 Å². The Hall–Kier alpha value is -1.14. The molecule has 0 bridgehead atoms. The zero-order chi connectivity index (χ0) is 11.7. The maximum absolute atomic E-state index is 10.7. The van der Waals surface area contributed by atoms with E-state index in [0.29, 0.717) is 0 Å². The van der Waals surface area contributed by atoms with Crippen LogP contribution in [0.15, 0.2) is 39.7 Å². The number of benzene rings is 1. The van der Waals surface area contributed by atoms with Crippen molar-refractivity contribution in [2.45, 2.75) is 0 Å². The van der Waals surface area contributed by atoms with Gasteiger partial charge in [-0.15, -0.1) is 0 Å². The van der Waals surface area contributed by atoms with Crippen molar-refractivity contribution in [1.82, 2.24) is 9.55 Å². The lowest BCUT2D eigenvalue weighted by atomic mass is 10.3. The monoisotopic (exact) mass is 344 g/mol. The average Bonchev–Trinajstić information content (AvgIpc) is 2.66. The molecule has 82 valence electrons. The summed E-state index contributed by atoms with van der Waals surface area (Å²) in [5.41, 5.74) is 0.859. The summed E-state index contributed by atoms with van der Waals surface area (Å²) in [7, 11) is 0. The first-order chi connectivity index (χ1) is 7.58. The van der Waals surface area contributed by atoms with E-state index >= 15 is 0 Å². The van der Waals surface area contributed by atoms with Crippen molar-refractivity contribution < 1.29 is 9.90 Å². The van der Waals surface area contributed by atoms with Crippen LogP contribution in [-0.4, -0.2) is 20.6 Å². The van der Waals surface area contributed by atoms with Gasteiger partial charge in [-0.25, -0.2) is 9.78 Å². The van der Waals surface area contributed by atoms with E-state index in [0.717, 1.165) is 14.6 Å². The van der Waals surface area contributed by atoms with Crippen molar-refractivity contribution in [1.29, 1.82) is 0 Å². The van der Waals surface area contributed by atoms with Gasteiger partial charge in [0, 0.05) is 15.1 Å². The zero-order valence-corrected chi connectivity index (χ0v) is 11.1. The Bertz CT molecular complexity index is 552. The molecule has 0 aliphatic rings. The summed E-state index contributed by atoms with van der Waals surface area (Å²) in [6.45, 7) is 0. The SMILES string of the molecule is O=C(O)c1cn(-c2ccc(Br)cc2Br)cn1. The molecule has 0 saturated carbocycles. The number of rotatable bonds is 2. The topological polar surface area (TPSA) is 55.1 Å². The molecular formula is C10H6Br2N2O2. The Morgan fingerprint density at radius 3 is 2.69 bits per heavy atom. The molecule has 0 amide bonds. The van der Waals surface area contributed by atoms with Crippen LogP contribution >= 0.6 is 31.9 Å². The standard InChI is InChI=1S/C10H6Br2N2O2/c11-6-1-2-9(7(12)3-6)14-4-8(10(15)16)13-5-14/h1-5H,(H,15,16). The molecule has 1 aromatic heterocycles. The van der Waals surface area contributed by atoms with Gasteiger partial charge in [0.2, 0.25) is 0 Å². The minimum atomic E-state index is -1.04. The van der Waals surface area contributed by atoms with E-state index in [4.69, 9.17) is 5.11 Å². The van der Waals surface area contributed by atoms with Gasteiger partial charge in [-0.2, -0.15) is 0 Å². The molecule has 6 heteroatoms. The molecule has 2 aromatic rings. The number of aromatic nitrogens is 2. The number of nitrogens with zero attached hydrogens (tertiary/aromatic N) is 2. The second-order valence-electron chi connectivity index (χ2n) is 3.07. The second-order valence-corrected chi connectivity index (χ2v) is 4.84. The van der Waals surface area contributed by atoms with Gasteiger partial charge < -0.3 is 9.67 Å². The van der Waals surface area contributed by atoms with E-state index in [1.165, 1.54) is 12.5 Å². The minimum Gasteiger partial charge on any atom is -0.476 e. The molecule has 1 aromatic carbocycles. The van der Waals surface area contributed by atoms with Gasteiger partial charge in [-0.1, -0.05) is 15.9 Å². The summed E-state index contributed by atoms with van der Waals surface area (Å²) >= 11 is 6.75. The van der Waals surface area contributed by atoms with Crippen LogP contribution < -0.4 is 0 Å². The van der Waals surface area contributed by atoms with E-state index in [2.05, 4.69) is 36.8 Å². The molecule has 0 fully saturated rings. The van der Waals surface area contributed by atoms with E-state index in [-0.39, 0.29) is 5.69 Å². The van der Waals surface area contributed by atoms with Gasteiger partial charge >= 0.3 is 5.97 Å². The van der Waals surface area contributed by atoms with Crippen LogP contribution in [0.5, 0.6) is 0 Å². The Labute approximate surface area is 108 Å². The molecule has 4 nitrogen and oxygen atoms in total. The Kier molecular flexibility index (Phi) is 3.11. The molecule has 1 heterocycles. The van der Waals surface area contributed by atoms with Gasteiger partial charge in [0.1, 0.15) is 6.33 Å². The number of carboxylic acids is 1. The number of halogens is 2. The molecule has 1 N–H and O–H groups in total. The molecule has 0 saturated heterocycles. The normalized spacial score (nSPS) is 10.4. The lowest BCUT2D eigenvalue weighted by Gasteiger charge is -2.04. The van der Waals surface area contributed by atoms with E-state index in [1.807, 2.05) is 18.2 Å². The van der Waals surface area contributed by atoms with Gasteiger partial charge in [0.15, 0.2) is 5.69 Å². The van der Waals surface area contributed by atoms with Crippen LogP contribution in [-0.2, 0) is 0 Å². The quantitative estimate of drug-likeness (QED) is 0.909. The van der Waals surface area contributed by atoms with Gasteiger partial charge in [-0.3, -0.25) is 0 Å². The maximum Gasteiger partial charge on any atom is 0.356 e. The highest BCUT2D eigenvalue weighted by Gasteiger charge is 2.09. The fourth-order valence-corrected chi connectivity index (χ4v) is 2.51. The Balaban J connectivity index is 2.46. The first kappa shape index (κ1) is 11.3. The molecule has 0 atom stereocenters. The fraction of sp³-hybridized carbons (Fsp3) is 0. The molecular weight excluding hydrogens is 340 g/mol. The summed E-state index contributed by atoms with van der Waals surface area (Å²) in [5, 5.41) is 8.76. The maximum atomic E-state index is 10.7. The largest absolute Gasteiger partial charge is 0.476 e. The number of hydrogen-bond donors (Lipinski definition) is 1. The van der Waals surface area contributed by atoms with Gasteiger partial charge in [0.05, 0.1) is 5.69 Å². The molecule has 2 rings (SSSR count). The predicted molar refractivity (Wildman–Crippen MR) is 65.9 cm³/mol. The molecule has 0 radical (unpaired) electrons. The average molecular weight is 346 g/mol. The lowest BCUT2D eigenvalue weighted by Crippen LogP contribution is -1.96. The van der Waals surface area contributed by atoms with Crippen LogP contribution in [0, 0.1) is 0 Å². The van der Waals surface area contributed by atoms with Crippen LogP contribution in [0.25, 0.3) is 5.69 Å². The van der Waals surface area contributed by atoms with Crippen LogP contribution in [0.1, 0.15) is 10.5 Å². The molecule has 0 aliphatic heterocycles. The third-order valence-electron chi connectivity index (χ3n) is 1.99. The minimum absolute atomic E-state index is 0.0230. The van der Waals surface area contributed by atoms with Crippen molar-refractivity contribution >= 4 is 37.8 Å². The molecule has 0 unspecified atom stereocenters. The number of aromatic carboxylic acids is 1. The molecule has 16 heavy (non-hydrogen) atoms. The highest BCUT2D eigenvalue weighted by Crippen LogP contribution is 2.25. The first-order valence-corrected chi connectivity index (χ1v) is 5.89. The van der Waals surface area contributed by atoms with Crippen molar-refractivity contribution in [3.05, 3.63) is 45.4 Å². The van der Waals surface area contributed by atoms with Crippen molar-refractivity contribution in [3.63, 3.8) is 0 Å². The zero-order valence-electron chi connectivity index (χ0n) is 7.89. The summed E-state index contributed by atoms with van der Waals surface area (Å²) in [6.07, 6.45) is 2.94. The van der Waals surface area contributed by atoms with Crippen molar-refractivity contribution in [2.75, 3.05) is 0 Å². The van der Waals surface area contributed by atoms with Gasteiger partial charge in [0.25, 0.3) is 0 Å². The highest BCUT2D eigenvalue weighted by atomic mass is 79.9. The predicted octanol–water partition coefficient (Wildman–Crippen LogP) is 3.10. The number of hydrogen-bond acceptors (Lipinski definition) is 2. The Morgan fingerprint density at radius 1 is 1.38 bits per heavy atom. The van der Waals surface area contributed by atoms with Crippen LogP contribution in [0.4, 0.5) is 0 Å².